The zero-order chi connectivity index (χ0) is 16.7. The molecule has 2 aromatic rings. The van der Waals surface area contributed by atoms with Crippen molar-refractivity contribution in [1.29, 1.82) is 0 Å². The number of carbonyl (C=O) groups is 2. The van der Waals surface area contributed by atoms with Crippen LogP contribution in [-0.2, 0) is 0 Å². The fraction of sp³-hybridized carbons (Fsp3) is 0. The predicted molar refractivity (Wildman–Crippen MR) is 77.3 cm³/mol. The van der Waals surface area contributed by atoms with Crippen molar-refractivity contribution in [2.24, 2.45) is 0 Å². The molecule has 0 radical (unpaired) electrons. The molecule has 3 rings (SSSR count). The lowest BCUT2D eigenvalue weighted by molar-refractivity contribution is -0.392. The third kappa shape index (κ3) is 2.02. The molecule has 23 heavy (non-hydrogen) atoms. The van der Waals surface area contributed by atoms with Crippen LogP contribution >= 0.6 is 0 Å². The molecule has 0 saturated carbocycles. The summed E-state index contributed by atoms with van der Waals surface area (Å²) in [5.74, 6) is -1.66. The van der Waals surface area contributed by atoms with E-state index >= 15 is 0 Å². The minimum Gasteiger partial charge on any atom is -0.268 e. The summed E-state index contributed by atoms with van der Waals surface area (Å²) in [6, 6.07) is 8.96. The number of nitrogens with zero attached hydrogens (tertiary/aromatic N) is 3. The Labute approximate surface area is 128 Å². The van der Waals surface area contributed by atoms with E-state index < -0.39 is 38.7 Å². The van der Waals surface area contributed by atoms with Crippen LogP contribution in [0, 0.1) is 20.2 Å². The Morgan fingerprint density at radius 2 is 1.17 bits per heavy atom. The molecule has 0 aliphatic carbocycles. The number of nitro groups is 2. The number of benzene rings is 2. The highest BCUT2D eigenvalue weighted by atomic mass is 16.6. The first kappa shape index (κ1) is 14.3. The molecule has 0 spiro atoms. The van der Waals surface area contributed by atoms with Crippen LogP contribution < -0.4 is 4.90 Å². The monoisotopic (exact) mass is 313 g/mol. The number of nitro benzene ring substituents is 2. The highest BCUT2D eigenvalue weighted by Crippen LogP contribution is 2.41. The van der Waals surface area contributed by atoms with Gasteiger partial charge in [0.25, 0.3) is 11.8 Å². The van der Waals surface area contributed by atoms with Crippen molar-refractivity contribution in [2.45, 2.75) is 0 Å². The third-order valence-electron chi connectivity index (χ3n) is 3.40. The summed E-state index contributed by atoms with van der Waals surface area (Å²) in [6.07, 6.45) is 0. The quantitative estimate of drug-likeness (QED) is 0.486. The molecule has 114 valence electrons. The number of hydrogen-bond acceptors (Lipinski definition) is 6. The number of hydrogen-bond donors (Lipinski definition) is 0. The minimum absolute atomic E-state index is 0.0462. The summed E-state index contributed by atoms with van der Waals surface area (Å²) in [4.78, 5) is 45.9. The van der Waals surface area contributed by atoms with Gasteiger partial charge < -0.3 is 0 Å². The normalized spacial score (nSPS) is 13.1. The van der Waals surface area contributed by atoms with Gasteiger partial charge in [-0.2, -0.15) is 0 Å². The van der Waals surface area contributed by atoms with Crippen molar-refractivity contribution in [3.05, 3.63) is 73.8 Å². The van der Waals surface area contributed by atoms with Gasteiger partial charge in [-0.15, -0.1) is 0 Å². The van der Waals surface area contributed by atoms with Gasteiger partial charge in [-0.25, -0.2) is 4.90 Å². The molecular weight excluding hydrogens is 306 g/mol. The van der Waals surface area contributed by atoms with Crippen LogP contribution in [0.1, 0.15) is 20.7 Å². The molecule has 0 bridgehead atoms. The highest BCUT2D eigenvalue weighted by Gasteiger charge is 2.43. The summed E-state index contributed by atoms with van der Waals surface area (Å²) in [5.41, 5.74) is -1.91. The number of rotatable bonds is 3. The maximum atomic E-state index is 12.4. The molecule has 2 aromatic carbocycles. The topological polar surface area (TPSA) is 124 Å². The van der Waals surface area contributed by atoms with Crippen LogP contribution in [0.3, 0.4) is 0 Å². The summed E-state index contributed by atoms with van der Waals surface area (Å²) >= 11 is 0. The van der Waals surface area contributed by atoms with Crippen LogP contribution in [0.2, 0.25) is 0 Å². The Morgan fingerprint density at radius 3 is 1.57 bits per heavy atom. The van der Waals surface area contributed by atoms with Crippen molar-refractivity contribution in [2.75, 3.05) is 4.90 Å². The first-order chi connectivity index (χ1) is 10.9. The SMILES string of the molecule is O=C1c2ccccc2C(=O)N1c1c([N+](=O)[O-])cccc1[N+](=O)[O-]. The molecular formula is C14H7N3O6. The second-order valence-corrected chi connectivity index (χ2v) is 4.65. The number of imide groups is 1. The van der Waals surface area contributed by atoms with Gasteiger partial charge in [0.1, 0.15) is 0 Å². The Kier molecular flexibility index (Phi) is 3.10. The van der Waals surface area contributed by atoms with Gasteiger partial charge in [0.15, 0.2) is 0 Å². The summed E-state index contributed by atoms with van der Waals surface area (Å²) in [7, 11) is 0. The zero-order valence-electron chi connectivity index (χ0n) is 11.3. The average molecular weight is 313 g/mol. The molecule has 0 fully saturated rings. The van der Waals surface area contributed by atoms with Gasteiger partial charge in [-0.05, 0) is 18.2 Å². The Morgan fingerprint density at radius 1 is 0.739 bits per heavy atom. The van der Waals surface area contributed by atoms with E-state index in [1.54, 1.807) is 0 Å². The van der Waals surface area contributed by atoms with Gasteiger partial charge in [0.2, 0.25) is 5.69 Å². The lowest BCUT2D eigenvalue weighted by Crippen LogP contribution is -2.30. The van der Waals surface area contributed by atoms with Crippen molar-refractivity contribution in [1.82, 2.24) is 0 Å². The standard InChI is InChI=1S/C14H7N3O6/c18-13-8-4-1-2-5-9(8)14(19)15(13)12-10(16(20)21)6-3-7-11(12)17(22)23/h1-7H. The van der Waals surface area contributed by atoms with Gasteiger partial charge in [-0.1, -0.05) is 12.1 Å². The second-order valence-electron chi connectivity index (χ2n) is 4.65. The van der Waals surface area contributed by atoms with E-state index in [1.807, 2.05) is 0 Å². The van der Waals surface area contributed by atoms with E-state index in [4.69, 9.17) is 0 Å². The maximum absolute atomic E-state index is 12.4. The fourth-order valence-electron chi connectivity index (χ4n) is 2.44. The third-order valence-corrected chi connectivity index (χ3v) is 3.40. The Bertz CT molecular complexity index is 825. The van der Waals surface area contributed by atoms with Gasteiger partial charge in [0, 0.05) is 12.1 Å². The molecule has 0 unspecified atom stereocenters. The molecule has 0 atom stereocenters. The van der Waals surface area contributed by atoms with Crippen molar-refractivity contribution in [3.8, 4) is 0 Å². The Balaban J connectivity index is 2.28. The first-order valence-electron chi connectivity index (χ1n) is 6.33. The number of para-hydroxylation sites is 1. The minimum atomic E-state index is -0.869. The van der Waals surface area contributed by atoms with E-state index in [-0.39, 0.29) is 11.1 Å². The van der Waals surface area contributed by atoms with E-state index in [2.05, 4.69) is 0 Å². The Hall–Kier alpha value is -3.62. The lowest BCUT2D eigenvalue weighted by Gasteiger charge is -2.13. The number of fused-ring (bicyclic) bond motifs is 1. The average Bonchev–Trinajstić information content (AvgIpc) is 2.78. The molecule has 2 amide bonds. The summed E-state index contributed by atoms with van der Waals surface area (Å²) in [5, 5.41) is 22.3. The summed E-state index contributed by atoms with van der Waals surface area (Å²) < 4.78 is 0. The van der Waals surface area contributed by atoms with Crippen molar-refractivity contribution >= 4 is 28.9 Å². The van der Waals surface area contributed by atoms with Gasteiger partial charge in [-0.3, -0.25) is 29.8 Å². The van der Waals surface area contributed by atoms with Gasteiger partial charge >= 0.3 is 11.4 Å². The van der Waals surface area contributed by atoms with Crippen LogP contribution in [-0.4, -0.2) is 21.7 Å². The maximum Gasteiger partial charge on any atom is 0.300 e. The molecule has 0 N–H and O–H groups in total. The molecule has 9 heteroatoms. The van der Waals surface area contributed by atoms with E-state index in [0.717, 1.165) is 18.2 Å². The summed E-state index contributed by atoms with van der Waals surface area (Å²) in [6.45, 7) is 0. The zero-order valence-corrected chi connectivity index (χ0v) is 11.3. The first-order valence-corrected chi connectivity index (χ1v) is 6.33. The van der Waals surface area contributed by atoms with Crippen molar-refractivity contribution < 1.29 is 19.4 Å². The van der Waals surface area contributed by atoms with E-state index in [9.17, 15) is 29.8 Å². The van der Waals surface area contributed by atoms with E-state index in [0.29, 0.717) is 4.90 Å². The second kappa shape index (κ2) is 4.98. The number of anilines is 1. The molecule has 0 saturated heterocycles. The largest absolute Gasteiger partial charge is 0.300 e. The molecule has 0 aromatic heterocycles. The lowest BCUT2D eigenvalue weighted by atomic mass is 10.1. The van der Waals surface area contributed by atoms with Crippen LogP contribution in [0.4, 0.5) is 17.1 Å². The smallest absolute Gasteiger partial charge is 0.268 e. The fourth-order valence-corrected chi connectivity index (χ4v) is 2.44. The van der Waals surface area contributed by atoms with Crippen LogP contribution in [0.5, 0.6) is 0 Å². The molecule has 1 aliphatic heterocycles. The van der Waals surface area contributed by atoms with E-state index in [1.165, 1.54) is 24.3 Å². The number of carbonyl (C=O) groups excluding carboxylic acids is 2. The van der Waals surface area contributed by atoms with Crippen molar-refractivity contribution in [3.63, 3.8) is 0 Å². The number of amides is 2. The molecule has 1 heterocycles. The van der Waals surface area contributed by atoms with Crippen LogP contribution in [0.25, 0.3) is 0 Å². The van der Waals surface area contributed by atoms with Crippen LogP contribution in [0.15, 0.2) is 42.5 Å². The molecule has 9 nitrogen and oxygen atoms in total. The van der Waals surface area contributed by atoms with Gasteiger partial charge in [0.05, 0.1) is 21.0 Å². The predicted octanol–water partition coefficient (Wildman–Crippen LogP) is 2.30. The molecule has 1 aliphatic rings. The highest BCUT2D eigenvalue weighted by molar-refractivity contribution is 6.35.